The van der Waals surface area contributed by atoms with Gasteiger partial charge in [-0.1, -0.05) is 22.0 Å². The van der Waals surface area contributed by atoms with Crippen LogP contribution < -0.4 is 4.74 Å². The number of aliphatic hydroxyl groups is 2. The van der Waals surface area contributed by atoms with Crippen LogP contribution in [0, 0.1) is 0 Å². The van der Waals surface area contributed by atoms with Crippen LogP contribution in [-0.2, 0) is 0 Å². The zero-order chi connectivity index (χ0) is 11.7. The Kier molecular flexibility index (Phi) is 3.14. The van der Waals surface area contributed by atoms with Crippen molar-refractivity contribution >= 4 is 26.7 Å². The number of aliphatic hydroxyl groups excluding tert-OH is 1. The molecular formula is C12H11BrO3. The lowest BCUT2D eigenvalue weighted by Crippen LogP contribution is -1.99. The molecule has 0 saturated carbocycles. The van der Waals surface area contributed by atoms with Gasteiger partial charge in [0.05, 0.1) is 7.11 Å². The summed E-state index contributed by atoms with van der Waals surface area (Å²) in [5.41, 5.74) is 0.369. The summed E-state index contributed by atoms with van der Waals surface area (Å²) in [6.45, 7) is 0. The first-order valence-corrected chi connectivity index (χ1v) is 5.54. The van der Waals surface area contributed by atoms with Crippen molar-refractivity contribution in [3.8, 4) is 5.75 Å². The van der Waals surface area contributed by atoms with Gasteiger partial charge in [-0.2, -0.15) is 0 Å². The Balaban J connectivity index is 2.70. The molecule has 0 aromatic heterocycles. The monoisotopic (exact) mass is 282 g/mol. The first-order chi connectivity index (χ1) is 7.61. The van der Waals surface area contributed by atoms with Gasteiger partial charge in [0.25, 0.3) is 0 Å². The van der Waals surface area contributed by atoms with Crippen molar-refractivity contribution in [2.75, 3.05) is 7.11 Å². The highest BCUT2D eigenvalue weighted by Crippen LogP contribution is 2.30. The lowest BCUT2D eigenvalue weighted by Gasteiger charge is -2.11. The molecule has 2 N–H and O–H groups in total. The van der Waals surface area contributed by atoms with Gasteiger partial charge in [0, 0.05) is 10.0 Å². The van der Waals surface area contributed by atoms with Crippen LogP contribution in [0.3, 0.4) is 0 Å². The van der Waals surface area contributed by atoms with E-state index in [4.69, 9.17) is 4.74 Å². The summed E-state index contributed by atoms with van der Waals surface area (Å²) in [6, 6.07) is 9.28. The Bertz CT molecular complexity index is 523. The minimum absolute atomic E-state index is 0.369. The third kappa shape index (κ3) is 2.04. The second kappa shape index (κ2) is 4.41. The normalized spacial score (nSPS) is 11.1. The number of benzene rings is 2. The van der Waals surface area contributed by atoms with E-state index >= 15 is 0 Å². The molecule has 0 bridgehead atoms. The van der Waals surface area contributed by atoms with Crippen LogP contribution in [0.5, 0.6) is 5.75 Å². The summed E-state index contributed by atoms with van der Waals surface area (Å²) in [5, 5.41) is 20.4. The Morgan fingerprint density at radius 3 is 2.50 bits per heavy atom. The Hall–Kier alpha value is -1.10. The molecule has 0 aliphatic rings. The Morgan fingerprint density at radius 2 is 1.88 bits per heavy atom. The van der Waals surface area contributed by atoms with Crippen molar-refractivity contribution in [2.24, 2.45) is 0 Å². The van der Waals surface area contributed by atoms with Crippen molar-refractivity contribution in [1.82, 2.24) is 0 Å². The SMILES string of the molecule is COc1cc2ccc(Br)cc2cc1C(O)O. The van der Waals surface area contributed by atoms with Crippen LogP contribution >= 0.6 is 15.9 Å². The maximum atomic E-state index is 9.23. The van der Waals surface area contributed by atoms with E-state index in [9.17, 15) is 10.2 Å². The van der Waals surface area contributed by atoms with Gasteiger partial charge in [0.15, 0.2) is 6.29 Å². The van der Waals surface area contributed by atoms with Crippen LogP contribution in [0.1, 0.15) is 11.9 Å². The first-order valence-electron chi connectivity index (χ1n) is 4.75. The molecule has 3 nitrogen and oxygen atoms in total. The van der Waals surface area contributed by atoms with Crippen molar-refractivity contribution in [3.63, 3.8) is 0 Å². The third-order valence-corrected chi connectivity index (χ3v) is 2.92. The van der Waals surface area contributed by atoms with E-state index in [1.165, 1.54) is 7.11 Å². The summed E-state index contributed by atoms with van der Waals surface area (Å²) in [5.74, 6) is 0.477. The summed E-state index contributed by atoms with van der Waals surface area (Å²) in [6.07, 6.45) is -1.53. The Morgan fingerprint density at radius 1 is 1.12 bits per heavy atom. The number of fused-ring (bicyclic) bond motifs is 1. The smallest absolute Gasteiger partial charge is 0.182 e. The van der Waals surface area contributed by atoms with E-state index in [2.05, 4.69) is 15.9 Å². The van der Waals surface area contributed by atoms with Gasteiger partial charge in [-0.15, -0.1) is 0 Å². The second-order valence-corrected chi connectivity index (χ2v) is 4.37. The predicted octanol–water partition coefficient (Wildman–Crippen LogP) is 2.59. The van der Waals surface area contributed by atoms with Crippen LogP contribution in [0.15, 0.2) is 34.8 Å². The zero-order valence-electron chi connectivity index (χ0n) is 8.64. The van der Waals surface area contributed by atoms with Crippen LogP contribution in [0.4, 0.5) is 0 Å². The molecule has 0 atom stereocenters. The van der Waals surface area contributed by atoms with E-state index in [-0.39, 0.29) is 0 Å². The molecule has 0 spiro atoms. The first kappa shape index (κ1) is 11.4. The Labute approximate surface area is 101 Å². The van der Waals surface area contributed by atoms with Gasteiger partial charge < -0.3 is 14.9 Å². The van der Waals surface area contributed by atoms with Gasteiger partial charge in [-0.05, 0) is 35.0 Å². The van der Waals surface area contributed by atoms with Gasteiger partial charge in [-0.3, -0.25) is 0 Å². The van der Waals surface area contributed by atoms with Crippen LogP contribution in [-0.4, -0.2) is 17.3 Å². The van der Waals surface area contributed by atoms with Crippen molar-refractivity contribution in [2.45, 2.75) is 6.29 Å². The molecule has 2 aromatic rings. The van der Waals surface area contributed by atoms with Gasteiger partial charge >= 0.3 is 0 Å². The van der Waals surface area contributed by atoms with E-state index in [1.54, 1.807) is 12.1 Å². The van der Waals surface area contributed by atoms with Crippen molar-refractivity contribution in [3.05, 3.63) is 40.4 Å². The van der Waals surface area contributed by atoms with Crippen molar-refractivity contribution < 1.29 is 14.9 Å². The fourth-order valence-corrected chi connectivity index (χ4v) is 2.02. The fraction of sp³-hybridized carbons (Fsp3) is 0.167. The maximum Gasteiger partial charge on any atom is 0.182 e. The number of ether oxygens (including phenoxy) is 1. The fourth-order valence-electron chi connectivity index (χ4n) is 1.64. The topological polar surface area (TPSA) is 49.7 Å². The lowest BCUT2D eigenvalue weighted by atomic mass is 10.1. The standard InChI is InChI=1S/C12H11BrO3/c1-16-11-6-7-2-3-9(13)4-8(7)5-10(11)12(14)15/h2-6,12,14-15H,1H3. The molecule has 2 aromatic carbocycles. The second-order valence-electron chi connectivity index (χ2n) is 3.46. The molecule has 0 unspecified atom stereocenters. The highest BCUT2D eigenvalue weighted by molar-refractivity contribution is 9.10. The molecule has 2 rings (SSSR count). The van der Waals surface area contributed by atoms with E-state index in [0.29, 0.717) is 11.3 Å². The highest BCUT2D eigenvalue weighted by atomic mass is 79.9. The molecule has 0 aliphatic heterocycles. The average molecular weight is 283 g/mol. The van der Waals surface area contributed by atoms with Crippen molar-refractivity contribution in [1.29, 1.82) is 0 Å². The molecule has 4 heteroatoms. The quantitative estimate of drug-likeness (QED) is 0.833. The molecule has 0 aliphatic carbocycles. The molecule has 0 amide bonds. The molecular weight excluding hydrogens is 272 g/mol. The van der Waals surface area contributed by atoms with Gasteiger partial charge in [0.1, 0.15) is 5.75 Å². The minimum atomic E-state index is -1.53. The summed E-state index contributed by atoms with van der Waals surface area (Å²) < 4.78 is 6.06. The average Bonchev–Trinajstić information content (AvgIpc) is 2.27. The van der Waals surface area contributed by atoms with E-state index < -0.39 is 6.29 Å². The molecule has 0 fully saturated rings. The molecule has 84 valence electrons. The summed E-state index contributed by atoms with van der Waals surface area (Å²) in [4.78, 5) is 0. The molecule has 0 radical (unpaired) electrons. The number of halogens is 1. The van der Waals surface area contributed by atoms with Crippen LogP contribution in [0.2, 0.25) is 0 Å². The van der Waals surface area contributed by atoms with Gasteiger partial charge in [0.2, 0.25) is 0 Å². The molecule has 0 saturated heterocycles. The third-order valence-electron chi connectivity index (χ3n) is 2.43. The number of methoxy groups -OCH3 is 1. The van der Waals surface area contributed by atoms with Gasteiger partial charge in [-0.25, -0.2) is 0 Å². The maximum absolute atomic E-state index is 9.23. The summed E-state index contributed by atoms with van der Waals surface area (Å²) >= 11 is 3.37. The number of hydrogen-bond acceptors (Lipinski definition) is 3. The largest absolute Gasteiger partial charge is 0.496 e. The number of hydrogen-bond donors (Lipinski definition) is 2. The molecule has 16 heavy (non-hydrogen) atoms. The van der Waals surface area contributed by atoms with E-state index in [1.807, 2.05) is 18.2 Å². The minimum Gasteiger partial charge on any atom is -0.496 e. The summed E-state index contributed by atoms with van der Waals surface area (Å²) in [7, 11) is 1.51. The zero-order valence-corrected chi connectivity index (χ0v) is 10.2. The van der Waals surface area contributed by atoms with E-state index in [0.717, 1.165) is 15.2 Å². The lowest BCUT2D eigenvalue weighted by molar-refractivity contribution is -0.0438. The predicted molar refractivity (Wildman–Crippen MR) is 65.4 cm³/mol. The van der Waals surface area contributed by atoms with Crippen LogP contribution in [0.25, 0.3) is 10.8 Å². The molecule has 0 heterocycles. The highest BCUT2D eigenvalue weighted by Gasteiger charge is 2.11. The number of rotatable bonds is 2.